The zero-order valence-electron chi connectivity index (χ0n) is 31.4. The first kappa shape index (κ1) is 34.5. The second-order valence-electron chi connectivity index (χ2n) is 14.3. The Morgan fingerprint density at radius 3 is 1.12 bits per heavy atom. The smallest absolute Gasteiger partial charge is 0.0462 e. The van der Waals surface area contributed by atoms with E-state index in [1.165, 1.54) is 60.5 Å². The molecule has 0 saturated heterocycles. The maximum absolute atomic E-state index is 2.34. The molecule has 0 aliphatic carbocycles. The zero-order chi connectivity index (χ0) is 37.7. The fourth-order valence-corrected chi connectivity index (χ4v) is 7.70. The molecular formula is C55H41N. The number of anilines is 3. The van der Waals surface area contributed by atoms with Gasteiger partial charge in [0.15, 0.2) is 0 Å². The number of aryl methyl sites for hydroxylation is 1. The molecule has 0 aliphatic rings. The number of nitrogens with zero attached hydrogens (tertiary/aromatic N) is 1. The SMILES string of the molecule is Cc1ccc(N(c2ccc(/C=C(\c3ccccc3)c3cccc4ccccc34)cc2)c2ccc(/C=C(\c3ccccc3)c3cccc4ccccc34)cc2)cc1. The Kier molecular flexibility index (Phi) is 9.64. The highest BCUT2D eigenvalue weighted by molar-refractivity contribution is 6.04. The molecule has 0 bridgehead atoms. The van der Waals surface area contributed by atoms with Crippen LogP contribution >= 0.6 is 0 Å². The lowest BCUT2D eigenvalue weighted by molar-refractivity contribution is 1.27. The van der Waals surface area contributed by atoms with Crippen molar-refractivity contribution in [3.8, 4) is 0 Å². The van der Waals surface area contributed by atoms with E-state index < -0.39 is 0 Å². The molecule has 1 heteroatoms. The third kappa shape index (κ3) is 7.19. The lowest BCUT2D eigenvalue weighted by atomic mass is 9.91. The molecular weight excluding hydrogens is 675 g/mol. The minimum absolute atomic E-state index is 1.10. The van der Waals surface area contributed by atoms with E-state index in [4.69, 9.17) is 0 Å². The van der Waals surface area contributed by atoms with Crippen LogP contribution in [-0.2, 0) is 0 Å². The molecule has 0 atom stereocenters. The van der Waals surface area contributed by atoms with Gasteiger partial charge in [0.2, 0.25) is 0 Å². The predicted octanol–water partition coefficient (Wildman–Crippen LogP) is 14.9. The molecule has 56 heavy (non-hydrogen) atoms. The molecule has 0 spiro atoms. The Morgan fingerprint density at radius 1 is 0.339 bits per heavy atom. The van der Waals surface area contributed by atoms with E-state index in [1.807, 2.05) is 0 Å². The van der Waals surface area contributed by atoms with Gasteiger partial charge >= 0.3 is 0 Å². The molecule has 0 aromatic heterocycles. The third-order valence-electron chi connectivity index (χ3n) is 10.5. The Bertz CT molecular complexity index is 2620. The van der Waals surface area contributed by atoms with E-state index in [9.17, 15) is 0 Å². The van der Waals surface area contributed by atoms with Crippen LogP contribution in [0.3, 0.4) is 0 Å². The number of fused-ring (bicyclic) bond motifs is 2. The molecule has 0 N–H and O–H groups in total. The van der Waals surface area contributed by atoms with Crippen molar-refractivity contribution in [2.24, 2.45) is 0 Å². The largest absolute Gasteiger partial charge is 0.311 e. The maximum atomic E-state index is 2.34. The number of rotatable bonds is 9. The molecule has 266 valence electrons. The number of hydrogen-bond donors (Lipinski definition) is 0. The number of benzene rings is 9. The van der Waals surface area contributed by atoms with Gasteiger partial charge in [0.05, 0.1) is 0 Å². The summed E-state index contributed by atoms with van der Waals surface area (Å²) >= 11 is 0. The molecule has 9 aromatic carbocycles. The van der Waals surface area contributed by atoms with Crippen molar-refractivity contribution in [2.45, 2.75) is 6.92 Å². The van der Waals surface area contributed by atoms with Crippen LogP contribution in [0.15, 0.2) is 218 Å². The first-order valence-electron chi connectivity index (χ1n) is 19.3. The fraction of sp³-hybridized carbons (Fsp3) is 0.0182. The lowest BCUT2D eigenvalue weighted by Crippen LogP contribution is -2.09. The van der Waals surface area contributed by atoms with Gasteiger partial charge in [-0.15, -0.1) is 0 Å². The molecule has 9 aromatic rings. The maximum Gasteiger partial charge on any atom is 0.0462 e. The summed E-state index contributed by atoms with van der Waals surface area (Å²) < 4.78 is 0. The lowest BCUT2D eigenvalue weighted by Gasteiger charge is -2.26. The first-order valence-corrected chi connectivity index (χ1v) is 19.3. The molecule has 0 saturated carbocycles. The van der Waals surface area contributed by atoms with Crippen LogP contribution in [0.25, 0.3) is 44.8 Å². The monoisotopic (exact) mass is 715 g/mol. The average molecular weight is 716 g/mol. The van der Waals surface area contributed by atoms with Gasteiger partial charge in [0.25, 0.3) is 0 Å². The predicted molar refractivity (Wildman–Crippen MR) is 241 cm³/mol. The molecule has 0 aliphatic heterocycles. The second kappa shape index (κ2) is 15.6. The molecule has 0 heterocycles. The van der Waals surface area contributed by atoms with E-state index in [2.05, 4.69) is 242 Å². The highest BCUT2D eigenvalue weighted by Gasteiger charge is 2.15. The normalized spacial score (nSPS) is 11.9. The second-order valence-corrected chi connectivity index (χ2v) is 14.3. The van der Waals surface area contributed by atoms with Crippen LogP contribution in [0.1, 0.15) is 38.9 Å². The Hall–Kier alpha value is -7.22. The summed E-state index contributed by atoms with van der Waals surface area (Å²) in [4.78, 5) is 2.34. The molecule has 0 amide bonds. The van der Waals surface area contributed by atoms with Crippen molar-refractivity contribution in [3.05, 3.63) is 257 Å². The minimum atomic E-state index is 1.10. The summed E-state index contributed by atoms with van der Waals surface area (Å²) in [7, 11) is 0. The zero-order valence-corrected chi connectivity index (χ0v) is 31.4. The standard InChI is InChI=1S/C55H41N/c1-40-26-32-47(33-27-40)56(48-34-28-41(29-35-48)38-54(45-14-4-2-5-15-45)52-24-12-20-43-18-8-10-22-50(43)52)49-36-30-42(31-37-49)39-55(46-16-6-3-7-17-46)53-25-13-21-44-19-9-11-23-51(44)53/h2-39H,1H3/b54-38+,55-39+. The molecule has 1 nitrogen and oxygen atoms in total. The summed E-state index contributed by atoms with van der Waals surface area (Å²) in [6.45, 7) is 2.14. The Balaban J connectivity index is 1.10. The van der Waals surface area contributed by atoms with E-state index in [1.54, 1.807) is 0 Å². The highest BCUT2D eigenvalue weighted by Crippen LogP contribution is 2.38. The summed E-state index contributed by atoms with van der Waals surface area (Å²) in [5.41, 5.74) is 14.1. The topological polar surface area (TPSA) is 3.24 Å². The van der Waals surface area contributed by atoms with Crippen LogP contribution in [0, 0.1) is 6.92 Å². The van der Waals surface area contributed by atoms with Crippen LogP contribution in [0.4, 0.5) is 17.1 Å². The highest BCUT2D eigenvalue weighted by atomic mass is 15.1. The van der Waals surface area contributed by atoms with Gasteiger partial charge in [-0.05, 0) is 122 Å². The van der Waals surface area contributed by atoms with Gasteiger partial charge in [-0.2, -0.15) is 0 Å². The van der Waals surface area contributed by atoms with Gasteiger partial charge in [-0.25, -0.2) is 0 Å². The Labute approximate surface area is 329 Å². The third-order valence-corrected chi connectivity index (χ3v) is 10.5. The van der Waals surface area contributed by atoms with E-state index in [-0.39, 0.29) is 0 Å². The van der Waals surface area contributed by atoms with Crippen molar-refractivity contribution >= 4 is 61.9 Å². The van der Waals surface area contributed by atoms with Crippen molar-refractivity contribution in [1.82, 2.24) is 0 Å². The van der Waals surface area contributed by atoms with Crippen LogP contribution < -0.4 is 4.90 Å². The van der Waals surface area contributed by atoms with Gasteiger partial charge in [-0.1, -0.05) is 188 Å². The molecule has 0 radical (unpaired) electrons. The van der Waals surface area contributed by atoms with Crippen molar-refractivity contribution in [1.29, 1.82) is 0 Å². The summed E-state index contributed by atoms with van der Waals surface area (Å²) in [5, 5.41) is 4.97. The van der Waals surface area contributed by atoms with Gasteiger partial charge in [-0.3, -0.25) is 0 Å². The van der Waals surface area contributed by atoms with Crippen LogP contribution in [0.5, 0.6) is 0 Å². The first-order chi connectivity index (χ1) is 27.7. The molecule has 0 fully saturated rings. The van der Waals surface area contributed by atoms with E-state index >= 15 is 0 Å². The Morgan fingerprint density at radius 2 is 0.696 bits per heavy atom. The fourth-order valence-electron chi connectivity index (χ4n) is 7.70. The summed E-state index contributed by atoms with van der Waals surface area (Å²) in [5.74, 6) is 0. The summed E-state index contributed by atoms with van der Waals surface area (Å²) in [6.07, 6.45) is 4.64. The molecule has 0 unspecified atom stereocenters. The van der Waals surface area contributed by atoms with Crippen LogP contribution in [0.2, 0.25) is 0 Å². The molecule has 9 rings (SSSR count). The average Bonchev–Trinajstić information content (AvgIpc) is 3.27. The number of hydrogen-bond acceptors (Lipinski definition) is 1. The minimum Gasteiger partial charge on any atom is -0.311 e. The quantitative estimate of drug-likeness (QED) is 0.135. The van der Waals surface area contributed by atoms with E-state index in [0.29, 0.717) is 0 Å². The van der Waals surface area contributed by atoms with Gasteiger partial charge in [0.1, 0.15) is 0 Å². The van der Waals surface area contributed by atoms with Crippen molar-refractivity contribution < 1.29 is 0 Å². The summed E-state index contributed by atoms with van der Waals surface area (Å²) in [6, 6.07) is 78.5. The van der Waals surface area contributed by atoms with Crippen LogP contribution in [-0.4, -0.2) is 0 Å². The van der Waals surface area contributed by atoms with Gasteiger partial charge in [0, 0.05) is 17.1 Å². The van der Waals surface area contributed by atoms with Crippen molar-refractivity contribution in [2.75, 3.05) is 4.90 Å². The van der Waals surface area contributed by atoms with E-state index in [0.717, 1.165) is 28.2 Å². The van der Waals surface area contributed by atoms with Gasteiger partial charge < -0.3 is 4.90 Å². The van der Waals surface area contributed by atoms with Crippen molar-refractivity contribution in [3.63, 3.8) is 0 Å².